The Morgan fingerprint density at radius 1 is 0.494 bits per heavy atom. The SMILES string of the molecule is CC/C=C\C/C=C\C/C=C\C/C=C\C/C=C\CCCC(=O)OC1C(OCC(NC(=O)C(O)CCCCCCCCCCCCC/C=C\C/C=C\C/C=C\CCCCC)C(O)/C=C/CCCCCCCCCCC)OC(CO)C(O)C1O. The molecule has 464 valence electrons. The maximum absolute atomic E-state index is 13.4. The number of amides is 1. The molecule has 11 heteroatoms. The average Bonchev–Trinajstić information content (AvgIpc) is 3.52. The Kier molecular flexibility index (Phi) is 52.8. The number of hydrogen-bond donors (Lipinski definition) is 6. The summed E-state index contributed by atoms with van der Waals surface area (Å²) in [7, 11) is 0. The van der Waals surface area contributed by atoms with Gasteiger partial charge >= 0.3 is 5.97 Å². The van der Waals surface area contributed by atoms with Gasteiger partial charge in [0.25, 0.3) is 0 Å². The topological polar surface area (TPSA) is 175 Å². The third-order valence-corrected chi connectivity index (χ3v) is 14.7. The van der Waals surface area contributed by atoms with Crippen molar-refractivity contribution in [2.75, 3.05) is 13.2 Å². The highest BCUT2D eigenvalue weighted by atomic mass is 16.7. The van der Waals surface area contributed by atoms with E-state index >= 15 is 0 Å². The largest absolute Gasteiger partial charge is 0.454 e. The number of carbonyl (C=O) groups is 2. The van der Waals surface area contributed by atoms with E-state index in [2.05, 4.69) is 111 Å². The quantitative estimate of drug-likeness (QED) is 0.0195. The van der Waals surface area contributed by atoms with Gasteiger partial charge in [-0.1, -0.05) is 259 Å². The Hall–Kier alpha value is -3.68. The van der Waals surface area contributed by atoms with Crippen LogP contribution in [-0.4, -0.2) is 99.6 Å². The number of aliphatic hydroxyl groups excluding tert-OH is 5. The number of carbonyl (C=O) groups excluding carboxylic acids is 2. The highest BCUT2D eigenvalue weighted by molar-refractivity contribution is 5.80. The van der Waals surface area contributed by atoms with E-state index in [0.717, 1.165) is 96.3 Å². The molecule has 1 fully saturated rings. The van der Waals surface area contributed by atoms with Gasteiger partial charge in [0.2, 0.25) is 5.91 Å². The Labute approximate surface area is 494 Å². The summed E-state index contributed by atoms with van der Waals surface area (Å²) in [5, 5.41) is 57.0. The molecule has 1 aliphatic heterocycles. The molecule has 1 heterocycles. The fourth-order valence-corrected chi connectivity index (χ4v) is 9.52. The zero-order chi connectivity index (χ0) is 58.9. The van der Waals surface area contributed by atoms with Crippen LogP contribution < -0.4 is 5.32 Å². The lowest BCUT2D eigenvalue weighted by Crippen LogP contribution is -2.61. The molecular weight excluding hydrogens is 1010 g/mol. The molecule has 1 rings (SSSR count). The van der Waals surface area contributed by atoms with Crippen LogP contribution in [-0.2, 0) is 23.8 Å². The fourth-order valence-electron chi connectivity index (χ4n) is 9.52. The van der Waals surface area contributed by atoms with Gasteiger partial charge in [-0.3, -0.25) is 9.59 Å². The van der Waals surface area contributed by atoms with Gasteiger partial charge in [-0.05, 0) is 103 Å². The summed E-state index contributed by atoms with van der Waals surface area (Å²) >= 11 is 0. The second kappa shape index (κ2) is 56.8. The molecule has 8 atom stereocenters. The summed E-state index contributed by atoms with van der Waals surface area (Å²) in [6.07, 6.45) is 67.1. The van der Waals surface area contributed by atoms with Gasteiger partial charge < -0.3 is 45.1 Å². The first-order valence-corrected chi connectivity index (χ1v) is 32.7. The van der Waals surface area contributed by atoms with Gasteiger partial charge in [0.15, 0.2) is 12.4 Å². The third kappa shape index (κ3) is 44.5. The zero-order valence-corrected chi connectivity index (χ0v) is 51.4. The standard InChI is InChI=1S/C70H119NO10/c1-4-7-10-13-16-19-22-24-26-28-29-30-31-32-33-34-36-37-39-42-45-48-51-54-57-63(74)69(78)71-61(62(73)56-53-50-47-44-41-21-18-15-12-9-6-3)60-79-70-68(67(77)66(76)64(59-72)80-70)81-65(75)58-55-52-49-46-43-40-38-35-27-25-23-20-17-14-11-8-5-2/h8,11,16-17,19-20,24-27,29-30,38,40,46,49,53,56,61-64,66-68,70,72-74,76-77H,4-7,9-10,12-15,18,21-23,28,31-37,39,41-45,47-48,50-52,54-55,57-60H2,1-3H3,(H,71,78)/b11-8-,19-16-,20-17-,26-24-,27-25-,30-29-,40-38-,49-46-,56-53+. The van der Waals surface area contributed by atoms with Crippen LogP contribution in [0, 0.1) is 0 Å². The lowest BCUT2D eigenvalue weighted by Gasteiger charge is -2.41. The smallest absolute Gasteiger partial charge is 0.306 e. The fraction of sp³-hybridized carbons (Fsp3) is 0.714. The van der Waals surface area contributed by atoms with Crippen molar-refractivity contribution in [1.29, 1.82) is 0 Å². The van der Waals surface area contributed by atoms with Crippen LogP contribution in [0.4, 0.5) is 0 Å². The van der Waals surface area contributed by atoms with Crippen LogP contribution in [0.25, 0.3) is 0 Å². The maximum atomic E-state index is 13.4. The lowest BCUT2D eigenvalue weighted by atomic mass is 9.99. The van der Waals surface area contributed by atoms with Crippen LogP contribution in [0.2, 0.25) is 0 Å². The molecule has 0 aliphatic carbocycles. The molecule has 8 unspecified atom stereocenters. The van der Waals surface area contributed by atoms with E-state index in [0.29, 0.717) is 19.3 Å². The van der Waals surface area contributed by atoms with Gasteiger partial charge in [-0.25, -0.2) is 0 Å². The molecular formula is C70H119NO10. The second-order valence-corrected chi connectivity index (χ2v) is 22.1. The van der Waals surface area contributed by atoms with Gasteiger partial charge in [0.1, 0.15) is 24.4 Å². The summed E-state index contributed by atoms with van der Waals surface area (Å²) in [6.45, 7) is 5.61. The summed E-state index contributed by atoms with van der Waals surface area (Å²) < 4.78 is 17.6. The maximum Gasteiger partial charge on any atom is 0.306 e. The minimum atomic E-state index is -1.64. The van der Waals surface area contributed by atoms with Gasteiger partial charge in [-0.15, -0.1) is 0 Å². The molecule has 1 saturated heterocycles. The Morgan fingerprint density at radius 2 is 0.889 bits per heavy atom. The predicted octanol–water partition coefficient (Wildman–Crippen LogP) is 16.1. The van der Waals surface area contributed by atoms with Crippen LogP contribution in [0.15, 0.2) is 109 Å². The molecule has 6 N–H and O–H groups in total. The van der Waals surface area contributed by atoms with Crippen molar-refractivity contribution in [2.45, 2.75) is 307 Å². The Morgan fingerprint density at radius 3 is 1.36 bits per heavy atom. The van der Waals surface area contributed by atoms with Crippen molar-refractivity contribution >= 4 is 11.9 Å². The number of esters is 1. The van der Waals surface area contributed by atoms with E-state index in [9.17, 15) is 35.1 Å². The molecule has 1 amide bonds. The molecule has 11 nitrogen and oxygen atoms in total. The number of allylic oxidation sites excluding steroid dienone is 17. The van der Waals surface area contributed by atoms with Crippen molar-refractivity contribution in [3.05, 3.63) is 109 Å². The number of hydrogen-bond acceptors (Lipinski definition) is 10. The molecule has 1 aliphatic rings. The average molecular weight is 1130 g/mol. The highest BCUT2D eigenvalue weighted by Crippen LogP contribution is 2.26. The number of rotatable bonds is 54. The van der Waals surface area contributed by atoms with Crippen LogP contribution in [0.5, 0.6) is 0 Å². The predicted molar refractivity (Wildman–Crippen MR) is 338 cm³/mol. The van der Waals surface area contributed by atoms with E-state index in [1.807, 2.05) is 18.2 Å². The molecule has 81 heavy (non-hydrogen) atoms. The monoisotopic (exact) mass is 1130 g/mol. The van der Waals surface area contributed by atoms with Crippen LogP contribution in [0.3, 0.4) is 0 Å². The summed E-state index contributed by atoms with van der Waals surface area (Å²) in [4.78, 5) is 26.6. The lowest BCUT2D eigenvalue weighted by molar-refractivity contribution is -0.305. The third-order valence-electron chi connectivity index (χ3n) is 14.7. The van der Waals surface area contributed by atoms with Crippen LogP contribution >= 0.6 is 0 Å². The molecule has 0 aromatic rings. The summed E-state index contributed by atoms with van der Waals surface area (Å²) in [6, 6.07) is -1.04. The van der Waals surface area contributed by atoms with E-state index in [4.69, 9.17) is 14.2 Å². The van der Waals surface area contributed by atoms with E-state index in [1.54, 1.807) is 6.08 Å². The molecule has 0 radical (unpaired) electrons. The van der Waals surface area contributed by atoms with Crippen molar-refractivity contribution in [3.63, 3.8) is 0 Å². The molecule has 0 aromatic carbocycles. The summed E-state index contributed by atoms with van der Waals surface area (Å²) in [5.41, 5.74) is 0. The minimum absolute atomic E-state index is 0.0403. The first-order chi connectivity index (χ1) is 39.7. The first-order valence-electron chi connectivity index (χ1n) is 32.7. The van der Waals surface area contributed by atoms with Crippen molar-refractivity contribution < 1.29 is 49.3 Å². The number of nitrogens with one attached hydrogen (secondary N) is 1. The Balaban J connectivity index is 2.64. The molecule has 0 bridgehead atoms. The number of ether oxygens (including phenoxy) is 3. The van der Waals surface area contributed by atoms with E-state index in [-0.39, 0.29) is 19.4 Å². The molecule has 0 aromatic heterocycles. The van der Waals surface area contributed by atoms with Gasteiger partial charge in [0, 0.05) is 6.42 Å². The van der Waals surface area contributed by atoms with Crippen LogP contribution in [0.1, 0.15) is 258 Å². The normalized spacial score (nSPS) is 19.4. The van der Waals surface area contributed by atoms with E-state index in [1.165, 1.54) is 109 Å². The molecule has 0 saturated carbocycles. The van der Waals surface area contributed by atoms with Crippen molar-refractivity contribution in [3.8, 4) is 0 Å². The number of aliphatic hydroxyl groups is 5. The number of unbranched alkanes of at least 4 members (excludes halogenated alkanes) is 24. The van der Waals surface area contributed by atoms with Gasteiger partial charge in [0.05, 0.1) is 25.4 Å². The highest BCUT2D eigenvalue weighted by Gasteiger charge is 2.47. The molecule has 0 spiro atoms. The van der Waals surface area contributed by atoms with Gasteiger partial charge in [-0.2, -0.15) is 0 Å². The Bertz CT molecular complexity index is 1730. The second-order valence-electron chi connectivity index (χ2n) is 22.1. The van der Waals surface area contributed by atoms with E-state index < -0.39 is 67.4 Å². The first kappa shape index (κ1) is 75.3. The van der Waals surface area contributed by atoms with Crippen molar-refractivity contribution in [1.82, 2.24) is 5.32 Å². The minimum Gasteiger partial charge on any atom is -0.454 e. The zero-order valence-electron chi connectivity index (χ0n) is 51.4. The van der Waals surface area contributed by atoms with Crippen molar-refractivity contribution in [2.24, 2.45) is 0 Å². The summed E-state index contributed by atoms with van der Waals surface area (Å²) in [5.74, 6) is -1.26.